The van der Waals surface area contributed by atoms with Gasteiger partial charge in [0, 0.05) is 0 Å². The smallest absolute Gasteiger partial charge is 0.326 e. The summed E-state index contributed by atoms with van der Waals surface area (Å²) in [5.41, 5.74) is -0.494. The first-order valence-corrected chi connectivity index (χ1v) is 4.91. The average molecular weight is 290 g/mol. The van der Waals surface area contributed by atoms with E-state index in [0.29, 0.717) is 0 Å². The number of hydrogen-bond donors (Lipinski definition) is 0. The summed E-state index contributed by atoms with van der Waals surface area (Å²) >= 11 is 2.67. The van der Waals surface area contributed by atoms with Gasteiger partial charge >= 0.3 is 5.69 Å². The quantitative estimate of drug-likeness (QED) is 0.482. The van der Waals surface area contributed by atoms with Gasteiger partial charge in [-0.1, -0.05) is 0 Å². The third-order valence-electron chi connectivity index (χ3n) is 1.91. The van der Waals surface area contributed by atoms with Gasteiger partial charge in [-0.3, -0.25) is 14.9 Å². The summed E-state index contributed by atoms with van der Waals surface area (Å²) < 4.78 is 9.20. The van der Waals surface area contributed by atoms with Crippen molar-refractivity contribution in [2.75, 3.05) is 14.2 Å². The van der Waals surface area contributed by atoms with E-state index in [1.165, 1.54) is 26.4 Å². The fourth-order valence-electron chi connectivity index (χ4n) is 1.25. The molecule has 1 aromatic carbocycles. The van der Waals surface area contributed by atoms with Gasteiger partial charge < -0.3 is 9.47 Å². The molecule has 0 N–H and O–H groups in total. The van der Waals surface area contributed by atoms with Gasteiger partial charge in [-0.2, -0.15) is 0 Å². The van der Waals surface area contributed by atoms with Crippen LogP contribution < -0.4 is 9.47 Å². The number of rotatable bonds is 4. The molecule has 0 aliphatic heterocycles. The van der Waals surface area contributed by atoms with E-state index in [4.69, 9.17) is 9.47 Å². The van der Waals surface area contributed by atoms with Gasteiger partial charge in [-0.25, -0.2) is 0 Å². The molecule has 0 aliphatic rings. The summed E-state index contributed by atoms with van der Waals surface area (Å²) in [5.74, 6) is 0.129. The third kappa shape index (κ3) is 2.13. The van der Waals surface area contributed by atoms with Gasteiger partial charge in [-0.05, 0) is 28.1 Å². The average Bonchev–Trinajstić information content (AvgIpc) is 2.26. The predicted molar refractivity (Wildman–Crippen MR) is 59.5 cm³/mol. The molecular formula is C9H8BrNO5. The number of ether oxygens (including phenoxy) is 2. The van der Waals surface area contributed by atoms with Gasteiger partial charge in [0.2, 0.25) is 10.4 Å². The summed E-state index contributed by atoms with van der Waals surface area (Å²) in [5, 5.41) is 10.9. The zero-order valence-electron chi connectivity index (χ0n) is 8.52. The van der Waals surface area contributed by atoms with Crippen LogP contribution in [-0.2, 0) is 0 Å². The lowest BCUT2D eigenvalue weighted by Gasteiger charge is -2.09. The lowest BCUT2D eigenvalue weighted by Crippen LogP contribution is -2.02. The Morgan fingerprint density at radius 3 is 2.38 bits per heavy atom. The SMILES string of the molecule is COc1ccc(C(=O)Br)c([N+](=O)[O-])c1OC. The summed E-state index contributed by atoms with van der Waals surface area (Å²) in [4.78, 5) is 21.3. The number of carbonyl (C=O) groups is 1. The Hall–Kier alpha value is -1.63. The summed E-state index contributed by atoms with van der Waals surface area (Å²) in [7, 11) is 2.63. The molecule has 0 spiro atoms. The summed E-state index contributed by atoms with van der Waals surface area (Å²) in [6.07, 6.45) is 0. The fourth-order valence-corrected chi connectivity index (χ4v) is 1.57. The molecule has 0 saturated heterocycles. The third-order valence-corrected chi connectivity index (χ3v) is 2.34. The standard InChI is InChI=1S/C9H8BrNO5/c1-15-6-4-3-5(9(10)12)7(11(13)14)8(6)16-2/h3-4H,1-2H3. The molecule has 1 rings (SSSR count). The first kappa shape index (κ1) is 12.4. The maximum atomic E-state index is 11.2. The maximum absolute atomic E-state index is 11.2. The zero-order chi connectivity index (χ0) is 12.3. The van der Waals surface area contributed by atoms with Crippen LogP contribution in [0.3, 0.4) is 0 Å². The number of nitro benzene ring substituents is 1. The van der Waals surface area contributed by atoms with Crippen LogP contribution in [0.15, 0.2) is 12.1 Å². The highest BCUT2D eigenvalue weighted by Gasteiger charge is 2.27. The van der Waals surface area contributed by atoms with Crippen molar-refractivity contribution < 1.29 is 19.2 Å². The van der Waals surface area contributed by atoms with Crippen molar-refractivity contribution in [3.05, 3.63) is 27.8 Å². The van der Waals surface area contributed by atoms with E-state index in [9.17, 15) is 14.9 Å². The maximum Gasteiger partial charge on any atom is 0.326 e. The fraction of sp³-hybridized carbons (Fsp3) is 0.222. The van der Waals surface area contributed by atoms with Crippen molar-refractivity contribution in [3.63, 3.8) is 0 Å². The minimum Gasteiger partial charge on any atom is -0.493 e. The Balaban J connectivity index is 3.56. The topological polar surface area (TPSA) is 78.7 Å². The minimum absolute atomic E-state index is 0.0715. The molecule has 0 bridgehead atoms. The molecule has 86 valence electrons. The first-order valence-electron chi connectivity index (χ1n) is 4.12. The lowest BCUT2D eigenvalue weighted by molar-refractivity contribution is -0.386. The van der Waals surface area contributed by atoms with E-state index >= 15 is 0 Å². The van der Waals surface area contributed by atoms with Crippen molar-refractivity contribution in [2.45, 2.75) is 0 Å². The number of nitro groups is 1. The number of hydrogen-bond acceptors (Lipinski definition) is 5. The van der Waals surface area contributed by atoms with Crippen LogP contribution in [0.1, 0.15) is 10.4 Å². The first-order chi connectivity index (χ1) is 7.52. The van der Waals surface area contributed by atoms with E-state index in [2.05, 4.69) is 15.9 Å². The molecule has 0 aliphatic carbocycles. The number of methoxy groups -OCH3 is 2. The van der Waals surface area contributed by atoms with E-state index < -0.39 is 15.3 Å². The molecular weight excluding hydrogens is 282 g/mol. The molecule has 0 saturated carbocycles. The molecule has 0 amide bonds. The van der Waals surface area contributed by atoms with Crippen LogP contribution in [0, 0.1) is 10.1 Å². The van der Waals surface area contributed by atoms with E-state index in [1.54, 1.807) is 0 Å². The monoisotopic (exact) mass is 289 g/mol. The van der Waals surface area contributed by atoms with Crippen LogP contribution >= 0.6 is 15.9 Å². The van der Waals surface area contributed by atoms with Crippen molar-refractivity contribution in [3.8, 4) is 11.5 Å². The number of halogens is 1. The number of benzene rings is 1. The molecule has 1 aromatic rings. The molecule has 6 nitrogen and oxygen atoms in total. The van der Waals surface area contributed by atoms with Crippen LogP contribution in [0.25, 0.3) is 0 Å². The van der Waals surface area contributed by atoms with Gasteiger partial charge in [0.15, 0.2) is 5.75 Å². The zero-order valence-corrected chi connectivity index (χ0v) is 10.1. The van der Waals surface area contributed by atoms with Crippen LogP contribution in [0.4, 0.5) is 5.69 Å². The molecule has 0 fully saturated rings. The molecule has 0 atom stereocenters. The largest absolute Gasteiger partial charge is 0.493 e. The Morgan fingerprint density at radius 2 is 2.00 bits per heavy atom. The van der Waals surface area contributed by atoms with Gasteiger partial charge in [0.05, 0.1) is 19.1 Å². The van der Waals surface area contributed by atoms with Crippen molar-refractivity contribution in [2.24, 2.45) is 0 Å². The van der Waals surface area contributed by atoms with Gasteiger partial charge in [-0.15, -0.1) is 0 Å². The second-order valence-corrected chi connectivity index (χ2v) is 3.45. The van der Waals surface area contributed by atoms with E-state index in [-0.39, 0.29) is 17.1 Å². The number of carbonyl (C=O) groups excluding carboxylic acids is 1. The normalized spacial score (nSPS) is 9.69. The molecule has 0 heterocycles. The second kappa shape index (κ2) is 4.93. The van der Waals surface area contributed by atoms with E-state index in [1.807, 2.05) is 0 Å². The highest BCUT2D eigenvalue weighted by Crippen LogP contribution is 2.39. The number of nitrogens with zero attached hydrogens (tertiary/aromatic N) is 1. The molecule has 7 heteroatoms. The Kier molecular flexibility index (Phi) is 3.83. The molecule has 0 radical (unpaired) electrons. The molecule has 0 unspecified atom stereocenters. The highest BCUT2D eigenvalue weighted by molar-refractivity contribution is 9.18. The Labute approximate surface area is 99.4 Å². The summed E-state index contributed by atoms with van der Waals surface area (Å²) in [6, 6.07) is 2.73. The van der Waals surface area contributed by atoms with Gasteiger partial charge in [0.1, 0.15) is 5.56 Å². The van der Waals surface area contributed by atoms with E-state index in [0.717, 1.165) is 0 Å². The lowest BCUT2D eigenvalue weighted by atomic mass is 10.1. The molecule has 16 heavy (non-hydrogen) atoms. The molecule has 0 aromatic heterocycles. The van der Waals surface area contributed by atoms with Gasteiger partial charge in [0.25, 0.3) is 0 Å². The Morgan fingerprint density at radius 1 is 1.38 bits per heavy atom. The van der Waals surface area contributed by atoms with Crippen molar-refractivity contribution >= 4 is 26.3 Å². The van der Waals surface area contributed by atoms with Crippen molar-refractivity contribution in [1.29, 1.82) is 0 Å². The van der Waals surface area contributed by atoms with Crippen molar-refractivity contribution in [1.82, 2.24) is 0 Å². The van der Waals surface area contributed by atoms with Crippen LogP contribution in [-0.4, -0.2) is 23.8 Å². The summed E-state index contributed by atoms with van der Waals surface area (Å²) in [6.45, 7) is 0. The Bertz CT molecular complexity index is 446. The second-order valence-electron chi connectivity index (χ2n) is 2.73. The van der Waals surface area contributed by atoms with Crippen LogP contribution in [0.5, 0.6) is 11.5 Å². The van der Waals surface area contributed by atoms with Crippen LogP contribution in [0.2, 0.25) is 0 Å². The highest BCUT2D eigenvalue weighted by atomic mass is 79.9. The minimum atomic E-state index is -0.685. The predicted octanol–water partition coefficient (Wildman–Crippen LogP) is 2.15.